The van der Waals surface area contributed by atoms with E-state index >= 15 is 0 Å². The number of guanidine groups is 1. The minimum absolute atomic E-state index is 0.477. The van der Waals surface area contributed by atoms with Gasteiger partial charge in [-0.1, -0.05) is 6.08 Å². The highest BCUT2D eigenvalue weighted by Gasteiger charge is 2.30. The molecule has 0 aliphatic carbocycles. The first-order chi connectivity index (χ1) is 14.0. The fourth-order valence-corrected chi connectivity index (χ4v) is 3.42. The first kappa shape index (κ1) is 16.8. The maximum Gasteiger partial charge on any atom is 0.238 e. The molecule has 0 saturated carbocycles. The van der Waals surface area contributed by atoms with E-state index in [1.165, 1.54) is 0 Å². The average molecular weight is 382 g/mol. The minimum Gasteiger partial charge on any atom is -0.399 e. The van der Waals surface area contributed by atoms with Crippen molar-refractivity contribution in [3.8, 4) is 0 Å². The molecule has 0 atom stereocenters. The smallest absolute Gasteiger partial charge is 0.238 e. The first-order valence-corrected chi connectivity index (χ1v) is 8.96. The molecule has 0 aromatic heterocycles. The molecule has 8 N–H and O–H groups in total. The van der Waals surface area contributed by atoms with Crippen LogP contribution in [0.25, 0.3) is 5.70 Å². The normalized spacial score (nSPS) is 17.0. The van der Waals surface area contributed by atoms with Crippen LogP contribution in [0.5, 0.6) is 0 Å². The SMILES string of the molecule is Nc1ccc(C2=CC3=CC=CC4=NC(c5ccc(N)cc5N)=NC(=N2)N34)c(N)c1. The summed E-state index contributed by atoms with van der Waals surface area (Å²) in [5, 5.41) is 0. The standard InChI is InChI=1S/C21H18N8/c22-11-4-6-14(16(24)8-11)18-10-13-2-1-3-19-27-20(28-21(26-18)29(13)19)15-7-5-12(23)9-17(15)25/h1-10H,22-25H2. The molecule has 0 unspecified atom stereocenters. The third-order valence-corrected chi connectivity index (χ3v) is 4.80. The van der Waals surface area contributed by atoms with Crippen LogP contribution in [0.15, 0.2) is 81.4 Å². The van der Waals surface area contributed by atoms with Crippen molar-refractivity contribution < 1.29 is 0 Å². The van der Waals surface area contributed by atoms with E-state index in [1.54, 1.807) is 24.3 Å². The number of amidine groups is 2. The van der Waals surface area contributed by atoms with Crippen LogP contribution in [0.2, 0.25) is 0 Å². The molecule has 142 valence electrons. The molecule has 3 aliphatic heterocycles. The van der Waals surface area contributed by atoms with Crippen LogP contribution >= 0.6 is 0 Å². The lowest BCUT2D eigenvalue weighted by atomic mass is 10.1. The number of aliphatic imine (C=N–C) groups is 3. The van der Waals surface area contributed by atoms with Gasteiger partial charge in [-0.15, -0.1) is 0 Å². The van der Waals surface area contributed by atoms with Crippen LogP contribution in [0.3, 0.4) is 0 Å². The molecule has 8 heteroatoms. The Morgan fingerprint density at radius 1 is 0.759 bits per heavy atom. The Labute approximate surface area is 166 Å². The highest BCUT2D eigenvalue weighted by molar-refractivity contribution is 6.24. The lowest BCUT2D eigenvalue weighted by Crippen LogP contribution is -2.40. The summed E-state index contributed by atoms with van der Waals surface area (Å²) in [6.07, 6.45) is 7.75. The highest BCUT2D eigenvalue weighted by atomic mass is 15.4. The summed E-state index contributed by atoms with van der Waals surface area (Å²) in [5.74, 6) is 1.68. The molecular formula is C21H18N8. The number of anilines is 4. The van der Waals surface area contributed by atoms with E-state index in [0.29, 0.717) is 51.6 Å². The van der Waals surface area contributed by atoms with Gasteiger partial charge in [0.15, 0.2) is 5.84 Å². The Bertz CT molecular complexity index is 1190. The van der Waals surface area contributed by atoms with Gasteiger partial charge in [0.2, 0.25) is 5.96 Å². The number of nitrogen functional groups attached to an aromatic ring is 4. The molecule has 5 rings (SSSR count). The zero-order valence-electron chi connectivity index (χ0n) is 15.4. The molecule has 0 fully saturated rings. The van der Waals surface area contributed by atoms with Crippen LogP contribution < -0.4 is 22.9 Å². The monoisotopic (exact) mass is 382 g/mol. The third kappa shape index (κ3) is 2.74. The van der Waals surface area contributed by atoms with E-state index in [-0.39, 0.29) is 0 Å². The number of nitrogens with two attached hydrogens (primary N) is 4. The average Bonchev–Trinajstić information content (AvgIpc) is 2.68. The molecule has 0 bridgehead atoms. The Balaban J connectivity index is 1.66. The van der Waals surface area contributed by atoms with Gasteiger partial charge in [-0.05, 0) is 54.6 Å². The van der Waals surface area contributed by atoms with Crippen LogP contribution in [0.1, 0.15) is 11.1 Å². The summed E-state index contributed by atoms with van der Waals surface area (Å²) in [7, 11) is 0. The van der Waals surface area contributed by atoms with E-state index in [4.69, 9.17) is 27.9 Å². The second kappa shape index (κ2) is 6.10. The number of rotatable bonds is 2. The zero-order chi connectivity index (χ0) is 20.1. The van der Waals surface area contributed by atoms with Crippen molar-refractivity contribution >= 4 is 46.1 Å². The molecule has 2 aromatic rings. The summed E-state index contributed by atoms with van der Waals surface area (Å²) < 4.78 is 0. The van der Waals surface area contributed by atoms with Gasteiger partial charge in [0.05, 0.1) is 11.4 Å². The summed E-state index contributed by atoms with van der Waals surface area (Å²) in [6, 6.07) is 10.6. The van der Waals surface area contributed by atoms with Crippen molar-refractivity contribution in [3.05, 3.63) is 77.5 Å². The summed E-state index contributed by atoms with van der Waals surface area (Å²) in [4.78, 5) is 16.0. The number of nitrogens with zero attached hydrogens (tertiary/aromatic N) is 4. The molecule has 0 saturated heterocycles. The van der Waals surface area contributed by atoms with Gasteiger partial charge < -0.3 is 22.9 Å². The summed E-state index contributed by atoms with van der Waals surface area (Å²) >= 11 is 0. The predicted octanol–water partition coefficient (Wildman–Crippen LogP) is 2.34. The molecule has 0 radical (unpaired) electrons. The van der Waals surface area contributed by atoms with E-state index in [0.717, 1.165) is 11.3 Å². The Kier molecular flexibility index (Phi) is 3.53. The maximum atomic E-state index is 6.18. The first-order valence-electron chi connectivity index (χ1n) is 8.96. The van der Waals surface area contributed by atoms with E-state index in [9.17, 15) is 0 Å². The van der Waals surface area contributed by atoms with Gasteiger partial charge in [-0.25, -0.2) is 9.98 Å². The molecule has 0 spiro atoms. The van der Waals surface area contributed by atoms with E-state index in [2.05, 4.69) is 9.98 Å². The minimum atomic E-state index is 0.477. The van der Waals surface area contributed by atoms with Crippen molar-refractivity contribution in [2.24, 2.45) is 15.0 Å². The molecule has 29 heavy (non-hydrogen) atoms. The molecule has 0 amide bonds. The number of hydrogen-bond donors (Lipinski definition) is 4. The summed E-state index contributed by atoms with van der Waals surface area (Å²) in [6.45, 7) is 0. The topological polar surface area (TPSA) is 144 Å². The van der Waals surface area contributed by atoms with Crippen molar-refractivity contribution in [3.63, 3.8) is 0 Å². The largest absolute Gasteiger partial charge is 0.399 e. The predicted molar refractivity (Wildman–Crippen MR) is 119 cm³/mol. The maximum absolute atomic E-state index is 6.18. The van der Waals surface area contributed by atoms with Crippen molar-refractivity contribution in [2.75, 3.05) is 22.9 Å². The Morgan fingerprint density at radius 3 is 2.14 bits per heavy atom. The van der Waals surface area contributed by atoms with Gasteiger partial charge in [-0.3, -0.25) is 4.90 Å². The molecule has 3 aliphatic rings. The van der Waals surface area contributed by atoms with Gasteiger partial charge in [0.25, 0.3) is 0 Å². The number of benzene rings is 2. The van der Waals surface area contributed by atoms with Crippen molar-refractivity contribution in [1.29, 1.82) is 0 Å². The van der Waals surface area contributed by atoms with Crippen LogP contribution in [0.4, 0.5) is 22.7 Å². The van der Waals surface area contributed by atoms with Crippen molar-refractivity contribution in [1.82, 2.24) is 4.90 Å². The lowest BCUT2D eigenvalue weighted by molar-refractivity contribution is 0.750. The van der Waals surface area contributed by atoms with Gasteiger partial charge in [0.1, 0.15) is 5.84 Å². The third-order valence-electron chi connectivity index (χ3n) is 4.80. The number of allylic oxidation sites excluding steroid dienone is 3. The van der Waals surface area contributed by atoms with Crippen LogP contribution in [-0.4, -0.2) is 22.5 Å². The fraction of sp³-hybridized carbons (Fsp3) is 0. The second-order valence-electron chi connectivity index (χ2n) is 6.83. The molecule has 3 heterocycles. The van der Waals surface area contributed by atoms with Gasteiger partial charge in [-0.2, -0.15) is 4.99 Å². The quantitative estimate of drug-likeness (QED) is 0.589. The molecular weight excluding hydrogens is 364 g/mol. The lowest BCUT2D eigenvalue weighted by Gasteiger charge is -2.32. The van der Waals surface area contributed by atoms with Crippen molar-refractivity contribution in [2.45, 2.75) is 0 Å². The van der Waals surface area contributed by atoms with Crippen LogP contribution in [0, 0.1) is 0 Å². The molecule has 2 aromatic carbocycles. The Hall–Kier alpha value is -4.33. The van der Waals surface area contributed by atoms with Gasteiger partial charge >= 0.3 is 0 Å². The van der Waals surface area contributed by atoms with E-state index < -0.39 is 0 Å². The second-order valence-corrected chi connectivity index (χ2v) is 6.83. The molecule has 8 nitrogen and oxygen atoms in total. The van der Waals surface area contributed by atoms with Crippen LogP contribution in [-0.2, 0) is 0 Å². The fourth-order valence-electron chi connectivity index (χ4n) is 3.42. The highest BCUT2D eigenvalue weighted by Crippen LogP contribution is 2.33. The van der Waals surface area contributed by atoms with E-state index in [1.807, 2.05) is 41.3 Å². The Morgan fingerprint density at radius 2 is 1.45 bits per heavy atom. The van der Waals surface area contributed by atoms with Gasteiger partial charge in [0, 0.05) is 33.9 Å². The number of hydrogen-bond acceptors (Lipinski definition) is 8. The summed E-state index contributed by atoms with van der Waals surface area (Å²) in [5.41, 5.74) is 29.3. The zero-order valence-corrected chi connectivity index (χ0v) is 15.4.